The maximum absolute atomic E-state index is 12.7. The van der Waals surface area contributed by atoms with Crippen molar-refractivity contribution in [1.29, 1.82) is 0 Å². The third-order valence-corrected chi connectivity index (χ3v) is 4.69. The van der Waals surface area contributed by atoms with E-state index in [1.807, 2.05) is 61.5 Å². The van der Waals surface area contributed by atoms with Gasteiger partial charge in [0.2, 0.25) is 0 Å². The molecule has 0 atom stereocenters. The molecule has 3 heterocycles. The lowest BCUT2D eigenvalue weighted by atomic mass is 10.1. The maximum Gasteiger partial charge on any atom is 0.274 e. The molecule has 0 saturated carbocycles. The molecular formula is C20H15N7O. The Morgan fingerprint density at radius 2 is 1.71 bits per heavy atom. The van der Waals surface area contributed by atoms with Crippen LogP contribution in [0.3, 0.4) is 0 Å². The molecule has 3 aromatic heterocycles. The summed E-state index contributed by atoms with van der Waals surface area (Å²) in [6.07, 6.45) is 0. The number of tetrazole rings is 1. The van der Waals surface area contributed by atoms with Gasteiger partial charge in [-0.25, -0.2) is 5.10 Å². The first-order chi connectivity index (χ1) is 13.7. The van der Waals surface area contributed by atoms with Crippen LogP contribution in [0.25, 0.3) is 39.5 Å². The Bertz CT molecular complexity index is 1330. The zero-order valence-electron chi connectivity index (χ0n) is 14.9. The van der Waals surface area contributed by atoms with Crippen LogP contribution in [0, 0.1) is 6.92 Å². The molecular weight excluding hydrogens is 354 g/mol. The number of aromatic nitrogens is 7. The minimum atomic E-state index is -0.194. The highest BCUT2D eigenvalue weighted by atomic mass is 16.1. The smallest absolute Gasteiger partial charge is 0.274 e. The van der Waals surface area contributed by atoms with Crippen LogP contribution in [0.15, 0.2) is 65.5 Å². The molecule has 0 amide bonds. The lowest BCUT2D eigenvalue weighted by Crippen LogP contribution is -2.14. The van der Waals surface area contributed by atoms with Crippen molar-refractivity contribution < 1.29 is 0 Å². The Morgan fingerprint density at radius 3 is 2.50 bits per heavy atom. The van der Waals surface area contributed by atoms with Gasteiger partial charge in [-0.3, -0.25) is 4.79 Å². The summed E-state index contributed by atoms with van der Waals surface area (Å²) in [5, 5.41) is 18.4. The van der Waals surface area contributed by atoms with Gasteiger partial charge in [-0.1, -0.05) is 48.5 Å². The maximum atomic E-state index is 12.7. The van der Waals surface area contributed by atoms with Crippen molar-refractivity contribution >= 4 is 5.65 Å². The van der Waals surface area contributed by atoms with Crippen molar-refractivity contribution in [3.05, 3.63) is 76.6 Å². The molecule has 0 aliphatic rings. The minimum absolute atomic E-state index is 0.194. The molecule has 0 radical (unpaired) electrons. The zero-order chi connectivity index (χ0) is 19.1. The zero-order valence-corrected chi connectivity index (χ0v) is 14.9. The summed E-state index contributed by atoms with van der Waals surface area (Å²) in [5.41, 5.74) is 5.54. The second-order valence-corrected chi connectivity index (χ2v) is 6.45. The largest absolute Gasteiger partial charge is 0.339 e. The van der Waals surface area contributed by atoms with E-state index in [4.69, 9.17) is 0 Å². The van der Waals surface area contributed by atoms with Crippen LogP contribution in [0.2, 0.25) is 0 Å². The van der Waals surface area contributed by atoms with E-state index in [-0.39, 0.29) is 5.56 Å². The Hall–Kier alpha value is -4.07. The average molecular weight is 369 g/mol. The molecule has 0 bridgehead atoms. The van der Waals surface area contributed by atoms with Gasteiger partial charge in [0, 0.05) is 22.8 Å². The molecule has 28 heavy (non-hydrogen) atoms. The summed E-state index contributed by atoms with van der Waals surface area (Å²) in [6.45, 7) is 1.96. The predicted octanol–water partition coefficient (Wildman–Crippen LogP) is 2.85. The highest BCUT2D eigenvalue weighted by molar-refractivity contribution is 5.73. The van der Waals surface area contributed by atoms with Crippen molar-refractivity contribution in [3.63, 3.8) is 0 Å². The lowest BCUT2D eigenvalue weighted by Gasteiger charge is -2.05. The van der Waals surface area contributed by atoms with Crippen molar-refractivity contribution in [2.24, 2.45) is 0 Å². The van der Waals surface area contributed by atoms with Gasteiger partial charge in [0.15, 0.2) is 5.82 Å². The molecule has 0 spiro atoms. The lowest BCUT2D eigenvalue weighted by molar-refractivity contribution is 0.881. The SMILES string of the molecule is Cc1c(-c2ccccc2)nn2c(=O)cc(-c3cccc(-c4nnn[nH]4)c3)[nH]c12. The number of H-pyrrole nitrogens is 2. The van der Waals surface area contributed by atoms with E-state index in [9.17, 15) is 4.79 Å². The van der Waals surface area contributed by atoms with Gasteiger partial charge in [-0.2, -0.15) is 9.61 Å². The first-order valence-electron chi connectivity index (χ1n) is 8.73. The molecule has 0 unspecified atom stereocenters. The number of nitrogens with zero attached hydrogens (tertiary/aromatic N) is 5. The van der Waals surface area contributed by atoms with Crippen LogP contribution >= 0.6 is 0 Å². The molecule has 0 aliphatic carbocycles. The van der Waals surface area contributed by atoms with Crippen molar-refractivity contribution in [2.75, 3.05) is 0 Å². The topological polar surface area (TPSA) is 105 Å². The molecule has 0 fully saturated rings. The molecule has 2 aromatic carbocycles. The van der Waals surface area contributed by atoms with Gasteiger partial charge in [0.1, 0.15) is 5.65 Å². The van der Waals surface area contributed by atoms with Crippen LogP contribution < -0.4 is 5.56 Å². The van der Waals surface area contributed by atoms with E-state index in [0.29, 0.717) is 17.2 Å². The number of aromatic amines is 2. The standard InChI is InChI=1S/C20H15N7O/c1-12-18(13-6-3-2-4-7-13)24-27-17(28)11-16(21-20(12)27)14-8-5-9-15(10-14)19-22-25-26-23-19/h2-11,21H,1H3,(H,22,23,25,26). The number of fused-ring (bicyclic) bond motifs is 1. The van der Waals surface area contributed by atoms with Gasteiger partial charge in [-0.15, -0.1) is 5.10 Å². The molecule has 8 heteroatoms. The first-order valence-corrected chi connectivity index (χ1v) is 8.73. The van der Waals surface area contributed by atoms with E-state index >= 15 is 0 Å². The quantitative estimate of drug-likeness (QED) is 0.509. The van der Waals surface area contributed by atoms with Crippen molar-refractivity contribution in [3.8, 4) is 33.9 Å². The summed E-state index contributed by atoms with van der Waals surface area (Å²) >= 11 is 0. The second-order valence-electron chi connectivity index (χ2n) is 6.45. The molecule has 5 aromatic rings. The van der Waals surface area contributed by atoms with Gasteiger partial charge >= 0.3 is 0 Å². The van der Waals surface area contributed by atoms with E-state index in [1.165, 1.54) is 4.52 Å². The van der Waals surface area contributed by atoms with Crippen LogP contribution in [-0.4, -0.2) is 35.2 Å². The van der Waals surface area contributed by atoms with Gasteiger partial charge in [0.25, 0.3) is 5.56 Å². The fourth-order valence-electron chi connectivity index (χ4n) is 3.29. The highest BCUT2D eigenvalue weighted by Crippen LogP contribution is 2.26. The average Bonchev–Trinajstić information content (AvgIpc) is 3.38. The highest BCUT2D eigenvalue weighted by Gasteiger charge is 2.14. The van der Waals surface area contributed by atoms with Crippen LogP contribution in [0.1, 0.15) is 5.56 Å². The fourth-order valence-corrected chi connectivity index (χ4v) is 3.29. The minimum Gasteiger partial charge on any atom is -0.339 e. The molecule has 0 saturated heterocycles. The fraction of sp³-hybridized carbons (Fsp3) is 0.0500. The van der Waals surface area contributed by atoms with E-state index < -0.39 is 0 Å². The van der Waals surface area contributed by atoms with Crippen molar-refractivity contribution in [1.82, 2.24) is 35.2 Å². The Labute approximate surface area is 158 Å². The number of nitrogens with one attached hydrogen (secondary N) is 2. The summed E-state index contributed by atoms with van der Waals surface area (Å²) in [7, 11) is 0. The van der Waals surface area contributed by atoms with Crippen molar-refractivity contribution in [2.45, 2.75) is 6.92 Å². The summed E-state index contributed by atoms with van der Waals surface area (Å²) in [5.74, 6) is 0.567. The summed E-state index contributed by atoms with van der Waals surface area (Å²) < 4.78 is 1.41. The Morgan fingerprint density at radius 1 is 0.929 bits per heavy atom. The van der Waals surface area contributed by atoms with E-state index in [1.54, 1.807) is 6.07 Å². The Balaban J connectivity index is 1.67. The number of aryl methyl sites for hydroxylation is 1. The number of rotatable bonds is 3. The molecule has 136 valence electrons. The van der Waals surface area contributed by atoms with Crippen LogP contribution in [0.4, 0.5) is 0 Å². The molecule has 0 aliphatic heterocycles. The normalized spacial score (nSPS) is 11.2. The number of hydrogen-bond acceptors (Lipinski definition) is 5. The molecule has 8 nitrogen and oxygen atoms in total. The number of benzene rings is 2. The predicted molar refractivity (Wildman–Crippen MR) is 105 cm³/mol. The third-order valence-electron chi connectivity index (χ3n) is 4.69. The van der Waals surface area contributed by atoms with Gasteiger partial charge in [-0.05, 0) is 29.0 Å². The van der Waals surface area contributed by atoms with E-state index in [2.05, 4.69) is 30.7 Å². The first kappa shape index (κ1) is 16.1. The summed E-state index contributed by atoms with van der Waals surface area (Å²) in [6, 6.07) is 19.0. The summed E-state index contributed by atoms with van der Waals surface area (Å²) in [4.78, 5) is 16.1. The van der Waals surface area contributed by atoms with Crippen LogP contribution in [-0.2, 0) is 0 Å². The number of hydrogen-bond donors (Lipinski definition) is 2. The van der Waals surface area contributed by atoms with Crippen LogP contribution in [0.5, 0.6) is 0 Å². The third kappa shape index (κ3) is 2.59. The van der Waals surface area contributed by atoms with E-state index in [0.717, 1.165) is 27.9 Å². The monoisotopic (exact) mass is 369 g/mol. The second kappa shape index (κ2) is 6.27. The van der Waals surface area contributed by atoms with Gasteiger partial charge in [0.05, 0.1) is 11.4 Å². The van der Waals surface area contributed by atoms with Gasteiger partial charge < -0.3 is 4.98 Å². The Kier molecular flexibility index (Phi) is 3.61. The molecule has 2 N–H and O–H groups in total. The molecule has 5 rings (SSSR count).